The largest absolute Gasteiger partial charge is 0.396 e. The monoisotopic (exact) mass is 261 g/mol. The van der Waals surface area contributed by atoms with Crippen molar-refractivity contribution in [2.24, 2.45) is 0 Å². The van der Waals surface area contributed by atoms with Crippen molar-refractivity contribution >= 4 is 32.9 Å². The topological polar surface area (TPSA) is 76.3 Å². The molecule has 0 aliphatic carbocycles. The van der Waals surface area contributed by atoms with E-state index < -0.39 is 9.84 Å². The highest BCUT2D eigenvalue weighted by atomic mass is 35.5. The first kappa shape index (κ1) is 11.5. The van der Waals surface area contributed by atoms with Gasteiger partial charge in [-0.05, 0) is 6.07 Å². The minimum absolute atomic E-state index is 0.150. The van der Waals surface area contributed by atoms with Gasteiger partial charge in [-0.1, -0.05) is 11.6 Å². The minimum Gasteiger partial charge on any atom is -0.396 e. The van der Waals surface area contributed by atoms with Crippen molar-refractivity contribution in [3.63, 3.8) is 0 Å². The van der Waals surface area contributed by atoms with Crippen LogP contribution in [0.1, 0.15) is 0 Å². The lowest BCUT2D eigenvalue weighted by Crippen LogP contribution is -2.41. The van der Waals surface area contributed by atoms with Gasteiger partial charge in [0.25, 0.3) is 0 Å². The summed E-state index contributed by atoms with van der Waals surface area (Å²) in [4.78, 5) is 5.99. The fraction of sp³-hybridized carbons (Fsp3) is 0.444. The van der Waals surface area contributed by atoms with Crippen LogP contribution in [0.15, 0.2) is 12.3 Å². The molecule has 0 unspecified atom stereocenters. The number of sulfone groups is 1. The van der Waals surface area contributed by atoms with Crippen molar-refractivity contribution in [3.8, 4) is 0 Å². The number of hydrogen-bond donors (Lipinski definition) is 1. The molecular weight excluding hydrogens is 250 g/mol. The maximum atomic E-state index is 11.3. The summed E-state index contributed by atoms with van der Waals surface area (Å²) in [5.74, 6) is 0.910. The van der Waals surface area contributed by atoms with Crippen LogP contribution in [0.25, 0.3) is 0 Å². The molecule has 5 nitrogen and oxygen atoms in total. The van der Waals surface area contributed by atoms with E-state index >= 15 is 0 Å². The number of aromatic nitrogens is 1. The number of halogens is 1. The first-order valence-corrected chi connectivity index (χ1v) is 7.04. The molecule has 2 heterocycles. The molecule has 0 atom stereocenters. The Morgan fingerprint density at radius 3 is 2.56 bits per heavy atom. The number of hydrogen-bond acceptors (Lipinski definition) is 5. The Hall–Kier alpha value is -1.01. The van der Waals surface area contributed by atoms with Gasteiger partial charge >= 0.3 is 0 Å². The van der Waals surface area contributed by atoms with Gasteiger partial charge in [0.1, 0.15) is 0 Å². The molecule has 0 saturated carbocycles. The first-order valence-electron chi connectivity index (χ1n) is 4.84. The molecule has 0 amide bonds. The van der Waals surface area contributed by atoms with Gasteiger partial charge in [0, 0.05) is 19.3 Å². The second-order valence-electron chi connectivity index (χ2n) is 3.71. The van der Waals surface area contributed by atoms with E-state index in [0.29, 0.717) is 29.6 Å². The van der Waals surface area contributed by atoms with Crippen LogP contribution in [-0.2, 0) is 9.84 Å². The third-order valence-corrected chi connectivity index (χ3v) is 4.32. The van der Waals surface area contributed by atoms with E-state index in [1.165, 1.54) is 6.20 Å². The van der Waals surface area contributed by atoms with E-state index in [4.69, 9.17) is 17.3 Å². The molecule has 0 bridgehead atoms. The Kier molecular flexibility index (Phi) is 2.94. The summed E-state index contributed by atoms with van der Waals surface area (Å²) < 4.78 is 22.5. The molecule has 88 valence electrons. The van der Waals surface area contributed by atoms with Crippen molar-refractivity contribution in [2.75, 3.05) is 35.2 Å². The molecular formula is C9H12ClN3O2S. The van der Waals surface area contributed by atoms with Crippen LogP contribution >= 0.6 is 11.6 Å². The Labute approximate surface area is 99.1 Å². The van der Waals surface area contributed by atoms with Crippen LogP contribution in [0.4, 0.5) is 11.5 Å². The number of pyridine rings is 1. The Morgan fingerprint density at radius 1 is 1.38 bits per heavy atom. The lowest BCUT2D eigenvalue weighted by Gasteiger charge is -2.28. The minimum atomic E-state index is -2.88. The van der Waals surface area contributed by atoms with Crippen molar-refractivity contribution in [1.29, 1.82) is 0 Å². The second kappa shape index (κ2) is 4.10. The van der Waals surface area contributed by atoms with Crippen LogP contribution in [0.3, 0.4) is 0 Å². The molecule has 0 spiro atoms. The average molecular weight is 262 g/mol. The van der Waals surface area contributed by atoms with E-state index in [1.54, 1.807) is 6.07 Å². The third-order valence-electron chi connectivity index (χ3n) is 2.51. The van der Waals surface area contributed by atoms with E-state index in [-0.39, 0.29) is 11.5 Å². The standard InChI is InChI=1S/C9H12ClN3O2S/c10-7-5-8(11)9(12-6-7)13-1-3-16(14,15)4-2-13/h5-6H,1-4,11H2. The van der Waals surface area contributed by atoms with Crippen molar-refractivity contribution in [2.45, 2.75) is 0 Å². The molecule has 7 heteroatoms. The van der Waals surface area contributed by atoms with E-state index in [1.807, 2.05) is 4.90 Å². The first-order chi connectivity index (χ1) is 7.48. The molecule has 0 aromatic carbocycles. The zero-order valence-electron chi connectivity index (χ0n) is 8.56. The zero-order valence-corrected chi connectivity index (χ0v) is 10.1. The van der Waals surface area contributed by atoms with Crippen molar-refractivity contribution in [3.05, 3.63) is 17.3 Å². The zero-order chi connectivity index (χ0) is 11.8. The summed E-state index contributed by atoms with van der Waals surface area (Å²) >= 11 is 5.74. The molecule has 1 fully saturated rings. The van der Waals surface area contributed by atoms with Crippen molar-refractivity contribution < 1.29 is 8.42 Å². The predicted octanol–water partition coefficient (Wildman–Crippen LogP) is 0.552. The van der Waals surface area contributed by atoms with Gasteiger partial charge < -0.3 is 10.6 Å². The summed E-state index contributed by atoms with van der Waals surface area (Å²) in [6.45, 7) is 0.863. The van der Waals surface area contributed by atoms with Gasteiger partial charge in [-0.25, -0.2) is 13.4 Å². The van der Waals surface area contributed by atoms with Gasteiger partial charge in [0.15, 0.2) is 15.7 Å². The van der Waals surface area contributed by atoms with Gasteiger partial charge in [-0.15, -0.1) is 0 Å². The van der Waals surface area contributed by atoms with Crippen LogP contribution < -0.4 is 10.6 Å². The van der Waals surface area contributed by atoms with E-state index in [0.717, 1.165) is 0 Å². The number of rotatable bonds is 1. The highest BCUT2D eigenvalue weighted by Crippen LogP contribution is 2.24. The Morgan fingerprint density at radius 2 is 2.00 bits per heavy atom. The molecule has 1 aromatic rings. The predicted molar refractivity (Wildman–Crippen MR) is 64.5 cm³/mol. The number of nitrogens with two attached hydrogens (primary N) is 1. The Bertz CT molecular complexity index is 489. The van der Waals surface area contributed by atoms with Crippen LogP contribution in [0.5, 0.6) is 0 Å². The van der Waals surface area contributed by atoms with Crippen LogP contribution in [0.2, 0.25) is 5.02 Å². The molecule has 1 saturated heterocycles. The molecule has 16 heavy (non-hydrogen) atoms. The van der Waals surface area contributed by atoms with Gasteiger partial charge in [-0.2, -0.15) is 0 Å². The maximum Gasteiger partial charge on any atom is 0.153 e. The van der Waals surface area contributed by atoms with Crippen LogP contribution in [-0.4, -0.2) is 38.0 Å². The van der Waals surface area contributed by atoms with Crippen LogP contribution in [0, 0.1) is 0 Å². The molecule has 0 radical (unpaired) electrons. The van der Waals surface area contributed by atoms with E-state index in [2.05, 4.69) is 4.98 Å². The number of nitrogens with zero attached hydrogens (tertiary/aromatic N) is 2. The third kappa shape index (κ3) is 2.38. The fourth-order valence-corrected chi connectivity index (χ4v) is 3.00. The highest BCUT2D eigenvalue weighted by molar-refractivity contribution is 7.91. The van der Waals surface area contributed by atoms with Gasteiger partial charge in [0.2, 0.25) is 0 Å². The smallest absolute Gasteiger partial charge is 0.153 e. The molecule has 1 aromatic heterocycles. The number of anilines is 2. The summed E-state index contributed by atoms with van der Waals surface area (Å²) in [5.41, 5.74) is 6.26. The van der Waals surface area contributed by atoms with Gasteiger partial charge in [0.05, 0.1) is 22.2 Å². The van der Waals surface area contributed by atoms with Crippen molar-refractivity contribution in [1.82, 2.24) is 4.98 Å². The maximum absolute atomic E-state index is 11.3. The second-order valence-corrected chi connectivity index (χ2v) is 6.45. The van der Waals surface area contributed by atoms with Gasteiger partial charge in [-0.3, -0.25) is 0 Å². The Balaban J connectivity index is 2.20. The lowest BCUT2D eigenvalue weighted by molar-refractivity contribution is 0.586. The summed E-state index contributed by atoms with van der Waals surface area (Å²) in [6, 6.07) is 1.62. The summed E-state index contributed by atoms with van der Waals surface area (Å²) in [6.07, 6.45) is 1.51. The lowest BCUT2D eigenvalue weighted by atomic mass is 10.3. The fourth-order valence-electron chi connectivity index (χ4n) is 1.64. The molecule has 2 N–H and O–H groups in total. The molecule has 1 aliphatic heterocycles. The summed E-state index contributed by atoms with van der Waals surface area (Å²) in [5, 5.41) is 0.478. The SMILES string of the molecule is Nc1cc(Cl)cnc1N1CCS(=O)(=O)CC1. The molecule has 2 rings (SSSR count). The quantitative estimate of drug-likeness (QED) is 0.799. The average Bonchev–Trinajstić information content (AvgIpc) is 2.19. The normalized spacial score (nSPS) is 19.7. The molecule has 1 aliphatic rings. The highest BCUT2D eigenvalue weighted by Gasteiger charge is 2.23. The summed E-state index contributed by atoms with van der Waals surface area (Å²) in [7, 11) is -2.88. The van der Waals surface area contributed by atoms with E-state index in [9.17, 15) is 8.42 Å². The number of nitrogen functional groups attached to an aromatic ring is 1.